The number of aromatic nitrogens is 2. The molecule has 0 fully saturated rings. The van der Waals surface area contributed by atoms with E-state index in [9.17, 15) is 14.9 Å². The van der Waals surface area contributed by atoms with E-state index in [-0.39, 0.29) is 23.0 Å². The molecular formula is C15H18N4O4. The maximum absolute atomic E-state index is 12.7. The average molecular weight is 318 g/mol. The molecule has 1 amide bonds. The van der Waals surface area contributed by atoms with Gasteiger partial charge in [0, 0.05) is 25.9 Å². The highest BCUT2D eigenvalue weighted by atomic mass is 16.6. The molecule has 1 atom stereocenters. The molecule has 0 spiro atoms. The van der Waals surface area contributed by atoms with Gasteiger partial charge >= 0.3 is 5.69 Å². The lowest BCUT2D eigenvalue weighted by molar-refractivity contribution is -0.386. The van der Waals surface area contributed by atoms with Crippen molar-refractivity contribution in [3.63, 3.8) is 0 Å². The van der Waals surface area contributed by atoms with Gasteiger partial charge in [-0.2, -0.15) is 5.10 Å². The second kappa shape index (κ2) is 6.47. The lowest BCUT2D eigenvalue weighted by Gasteiger charge is -2.24. The number of methoxy groups -OCH3 is 1. The first-order valence-electron chi connectivity index (χ1n) is 6.94. The van der Waals surface area contributed by atoms with Crippen LogP contribution in [0.25, 0.3) is 0 Å². The molecule has 23 heavy (non-hydrogen) atoms. The minimum Gasteiger partial charge on any atom is -0.490 e. The second-order valence-electron chi connectivity index (χ2n) is 5.15. The number of ether oxygens (including phenoxy) is 1. The molecule has 0 saturated heterocycles. The number of para-hydroxylation sites is 1. The molecule has 0 N–H and O–H groups in total. The van der Waals surface area contributed by atoms with Crippen LogP contribution in [0.3, 0.4) is 0 Å². The highest BCUT2D eigenvalue weighted by Crippen LogP contribution is 2.32. The van der Waals surface area contributed by atoms with Crippen molar-refractivity contribution in [3.05, 3.63) is 51.8 Å². The van der Waals surface area contributed by atoms with Crippen molar-refractivity contribution in [3.8, 4) is 5.75 Å². The molecular weight excluding hydrogens is 300 g/mol. The van der Waals surface area contributed by atoms with E-state index < -0.39 is 10.8 Å². The number of hydrogen-bond acceptors (Lipinski definition) is 5. The number of nitrogens with zero attached hydrogens (tertiary/aromatic N) is 4. The van der Waals surface area contributed by atoms with Crippen LogP contribution in [0.2, 0.25) is 0 Å². The zero-order valence-corrected chi connectivity index (χ0v) is 13.4. The number of amides is 1. The quantitative estimate of drug-likeness (QED) is 0.622. The topological polar surface area (TPSA) is 90.5 Å². The summed E-state index contributed by atoms with van der Waals surface area (Å²) in [6, 6.07) is 4.17. The van der Waals surface area contributed by atoms with E-state index in [2.05, 4.69) is 5.10 Å². The molecule has 0 aliphatic rings. The van der Waals surface area contributed by atoms with Gasteiger partial charge in [0.25, 0.3) is 5.91 Å². The zero-order chi connectivity index (χ0) is 17.1. The molecule has 0 aliphatic heterocycles. The summed E-state index contributed by atoms with van der Waals surface area (Å²) in [4.78, 5) is 24.9. The van der Waals surface area contributed by atoms with Gasteiger partial charge in [0.1, 0.15) is 5.56 Å². The van der Waals surface area contributed by atoms with Crippen molar-refractivity contribution in [2.45, 2.75) is 13.0 Å². The van der Waals surface area contributed by atoms with E-state index >= 15 is 0 Å². The van der Waals surface area contributed by atoms with E-state index in [0.29, 0.717) is 0 Å². The van der Waals surface area contributed by atoms with Gasteiger partial charge in [-0.3, -0.25) is 19.6 Å². The maximum Gasteiger partial charge on any atom is 0.323 e. The average Bonchev–Trinajstić information content (AvgIpc) is 2.98. The molecule has 122 valence electrons. The van der Waals surface area contributed by atoms with Crippen molar-refractivity contribution in [1.29, 1.82) is 0 Å². The Labute approximate surface area is 133 Å². The van der Waals surface area contributed by atoms with Crippen LogP contribution in [-0.2, 0) is 7.05 Å². The first-order valence-corrected chi connectivity index (χ1v) is 6.94. The zero-order valence-electron chi connectivity index (χ0n) is 13.4. The fourth-order valence-corrected chi connectivity index (χ4v) is 2.29. The van der Waals surface area contributed by atoms with E-state index in [0.717, 1.165) is 5.56 Å². The third-order valence-corrected chi connectivity index (χ3v) is 3.74. The number of carbonyl (C=O) groups is 1. The Morgan fingerprint density at radius 2 is 2.17 bits per heavy atom. The molecule has 0 saturated carbocycles. The number of rotatable bonds is 5. The Balaban J connectivity index is 2.38. The van der Waals surface area contributed by atoms with Gasteiger partial charge in [-0.15, -0.1) is 0 Å². The molecule has 2 rings (SSSR count). The number of hydrogen-bond donors (Lipinski definition) is 0. The maximum atomic E-state index is 12.7. The van der Waals surface area contributed by atoms with Crippen molar-refractivity contribution < 1.29 is 14.5 Å². The number of nitro benzene ring substituents is 1. The Hall–Kier alpha value is -2.90. The Kier molecular flexibility index (Phi) is 4.63. The Bertz CT molecular complexity index is 741. The minimum atomic E-state index is -0.603. The third kappa shape index (κ3) is 3.15. The van der Waals surface area contributed by atoms with Crippen LogP contribution in [0.1, 0.15) is 28.9 Å². The third-order valence-electron chi connectivity index (χ3n) is 3.74. The summed E-state index contributed by atoms with van der Waals surface area (Å²) < 4.78 is 6.64. The Morgan fingerprint density at radius 1 is 1.48 bits per heavy atom. The molecule has 8 nitrogen and oxygen atoms in total. The highest BCUT2D eigenvalue weighted by Gasteiger charge is 2.29. The molecule has 0 unspecified atom stereocenters. The van der Waals surface area contributed by atoms with Gasteiger partial charge in [-0.1, -0.05) is 6.07 Å². The van der Waals surface area contributed by atoms with Crippen LogP contribution in [0.15, 0.2) is 30.6 Å². The first-order chi connectivity index (χ1) is 10.9. The number of carbonyl (C=O) groups excluding carboxylic acids is 1. The fourth-order valence-electron chi connectivity index (χ4n) is 2.29. The largest absolute Gasteiger partial charge is 0.490 e. The van der Waals surface area contributed by atoms with Crippen LogP contribution in [0.5, 0.6) is 5.75 Å². The van der Waals surface area contributed by atoms with Crippen LogP contribution >= 0.6 is 0 Å². The van der Waals surface area contributed by atoms with Crippen LogP contribution in [0, 0.1) is 10.1 Å². The van der Waals surface area contributed by atoms with E-state index in [4.69, 9.17) is 4.74 Å². The van der Waals surface area contributed by atoms with Crippen LogP contribution < -0.4 is 4.74 Å². The van der Waals surface area contributed by atoms with Crippen LogP contribution in [-0.4, -0.2) is 39.7 Å². The first kappa shape index (κ1) is 16.5. The summed E-state index contributed by atoms with van der Waals surface area (Å²) in [5, 5.41) is 15.4. The lowest BCUT2D eigenvalue weighted by atomic mass is 10.1. The minimum absolute atomic E-state index is 0.00686. The fraction of sp³-hybridized carbons (Fsp3) is 0.333. The summed E-state index contributed by atoms with van der Waals surface area (Å²) >= 11 is 0. The molecule has 1 aromatic heterocycles. The van der Waals surface area contributed by atoms with Crippen molar-refractivity contribution >= 4 is 11.6 Å². The van der Waals surface area contributed by atoms with Gasteiger partial charge in [0.15, 0.2) is 5.75 Å². The number of benzene rings is 1. The predicted molar refractivity (Wildman–Crippen MR) is 83.4 cm³/mol. The van der Waals surface area contributed by atoms with E-state index in [1.807, 2.05) is 6.92 Å². The van der Waals surface area contributed by atoms with Gasteiger partial charge < -0.3 is 9.64 Å². The Morgan fingerprint density at radius 3 is 2.70 bits per heavy atom. The number of aryl methyl sites for hydroxylation is 1. The van der Waals surface area contributed by atoms with E-state index in [1.165, 1.54) is 24.1 Å². The lowest BCUT2D eigenvalue weighted by Crippen LogP contribution is -2.30. The predicted octanol–water partition coefficient (Wildman–Crippen LogP) is 2.17. The second-order valence-corrected chi connectivity index (χ2v) is 5.15. The molecule has 1 heterocycles. The van der Waals surface area contributed by atoms with Gasteiger partial charge in [0.05, 0.1) is 24.3 Å². The summed E-state index contributed by atoms with van der Waals surface area (Å²) in [6.07, 6.45) is 3.46. The van der Waals surface area contributed by atoms with Gasteiger partial charge in [-0.25, -0.2) is 0 Å². The molecule has 0 radical (unpaired) electrons. The summed E-state index contributed by atoms with van der Waals surface area (Å²) in [5.74, 6) is -0.393. The van der Waals surface area contributed by atoms with Gasteiger partial charge in [0.2, 0.25) is 0 Å². The van der Waals surface area contributed by atoms with Gasteiger partial charge in [-0.05, 0) is 19.1 Å². The molecule has 8 heteroatoms. The van der Waals surface area contributed by atoms with Crippen molar-refractivity contribution in [2.75, 3.05) is 14.2 Å². The molecule has 0 bridgehead atoms. The van der Waals surface area contributed by atoms with Crippen LogP contribution in [0.4, 0.5) is 5.69 Å². The molecule has 0 aliphatic carbocycles. The molecule has 2 aromatic rings. The summed E-state index contributed by atoms with van der Waals surface area (Å²) in [6.45, 7) is 1.83. The highest BCUT2D eigenvalue weighted by molar-refractivity contribution is 5.99. The smallest absolute Gasteiger partial charge is 0.323 e. The van der Waals surface area contributed by atoms with Crippen molar-refractivity contribution in [1.82, 2.24) is 14.7 Å². The summed E-state index contributed by atoms with van der Waals surface area (Å²) in [5.41, 5.74) is 0.506. The monoisotopic (exact) mass is 318 g/mol. The molecule has 1 aromatic carbocycles. The SMILES string of the molecule is COc1cccc(C(=O)N(C)[C@@H](C)c2cnn(C)c2)c1[N+](=O)[O-]. The number of nitro groups is 1. The van der Waals surface area contributed by atoms with E-state index in [1.54, 1.807) is 37.2 Å². The normalized spacial score (nSPS) is 11.8. The van der Waals surface area contributed by atoms with Crippen molar-refractivity contribution in [2.24, 2.45) is 7.05 Å². The standard InChI is InChI=1S/C15H18N4O4/c1-10(11-8-16-17(2)9-11)18(3)15(20)12-6-5-7-13(23-4)14(12)19(21)22/h5-10H,1-4H3/t10-/m0/s1. The summed E-state index contributed by atoms with van der Waals surface area (Å²) in [7, 11) is 4.71.